The molecule has 0 aliphatic heterocycles. The van der Waals surface area contributed by atoms with Crippen LogP contribution in [0, 0.1) is 6.92 Å². The standard InChI is InChI=1S/C29H25BrN2O4S/c1-20-10-16-24(17-11-20)37(34,35)32(22-14-12-21(30)13-15-22)18-23(33)19-36-31-29-27-8-4-2-6-25(27)26-7-3-5-9-28(26)29/h2-17,23,33H,18-19H2,1H3. The summed E-state index contributed by atoms with van der Waals surface area (Å²) in [5.74, 6) is 0. The van der Waals surface area contributed by atoms with Crippen molar-refractivity contribution < 1.29 is 18.4 Å². The van der Waals surface area contributed by atoms with Crippen molar-refractivity contribution in [3.8, 4) is 11.1 Å². The highest BCUT2D eigenvalue weighted by molar-refractivity contribution is 9.10. The van der Waals surface area contributed by atoms with Crippen molar-refractivity contribution in [2.75, 3.05) is 17.5 Å². The molecule has 0 amide bonds. The maximum absolute atomic E-state index is 13.6. The van der Waals surface area contributed by atoms with Crippen LogP contribution in [-0.2, 0) is 14.9 Å². The summed E-state index contributed by atoms with van der Waals surface area (Å²) >= 11 is 3.39. The van der Waals surface area contributed by atoms with Crippen LogP contribution >= 0.6 is 15.9 Å². The highest BCUT2D eigenvalue weighted by atomic mass is 79.9. The molecule has 188 valence electrons. The molecular formula is C29H25BrN2O4S. The molecule has 0 saturated carbocycles. The maximum Gasteiger partial charge on any atom is 0.264 e. The zero-order valence-electron chi connectivity index (χ0n) is 20.1. The van der Waals surface area contributed by atoms with Crippen LogP contribution in [0.15, 0.2) is 112 Å². The maximum atomic E-state index is 13.6. The second-order valence-corrected chi connectivity index (χ2v) is 11.6. The van der Waals surface area contributed by atoms with Gasteiger partial charge in [0, 0.05) is 15.6 Å². The van der Waals surface area contributed by atoms with Gasteiger partial charge in [-0.1, -0.05) is 87.3 Å². The number of sulfonamides is 1. The summed E-state index contributed by atoms with van der Waals surface area (Å²) in [6.45, 7) is 1.52. The molecule has 0 aromatic heterocycles. The lowest BCUT2D eigenvalue weighted by Crippen LogP contribution is -2.39. The first kappa shape index (κ1) is 25.2. The van der Waals surface area contributed by atoms with Gasteiger partial charge in [0.2, 0.25) is 0 Å². The third-order valence-corrected chi connectivity index (χ3v) is 8.51. The van der Waals surface area contributed by atoms with E-state index in [0.717, 1.165) is 32.3 Å². The monoisotopic (exact) mass is 576 g/mol. The number of aliphatic hydroxyl groups is 1. The van der Waals surface area contributed by atoms with Crippen LogP contribution in [0.2, 0.25) is 0 Å². The number of hydrogen-bond donors (Lipinski definition) is 1. The Bertz CT molecular complexity index is 1500. The molecule has 37 heavy (non-hydrogen) atoms. The van der Waals surface area contributed by atoms with Gasteiger partial charge in [0.15, 0.2) is 0 Å². The van der Waals surface area contributed by atoms with Crippen molar-refractivity contribution in [3.05, 3.63) is 118 Å². The fourth-order valence-corrected chi connectivity index (χ4v) is 6.08. The molecule has 1 aliphatic carbocycles. The Morgan fingerprint density at radius 2 is 1.38 bits per heavy atom. The number of halogens is 1. The molecule has 5 rings (SSSR count). The number of benzene rings is 4. The van der Waals surface area contributed by atoms with Crippen molar-refractivity contribution in [2.45, 2.75) is 17.9 Å². The average molecular weight is 578 g/mol. The van der Waals surface area contributed by atoms with E-state index in [1.807, 2.05) is 55.5 Å². The van der Waals surface area contributed by atoms with E-state index in [0.29, 0.717) is 11.4 Å². The Labute approximate surface area is 225 Å². The molecule has 6 nitrogen and oxygen atoms in total. The van der Waals surface area contributed by atoms with Gasteiger partial charge in [0.1, 0.15) is 18.4 Å². The van der Waals surface area contributed by atoms with Crippen molar-refractivity contribution in [1.29, 1.82) is 0 Å². The van der Waals surface area contributed by atoms with E-state index in [1.54, 1.807) is 48.5 Å². The van der Waals surface area contributed by atoms with Crippen LogP contribution in [0.5, 0.6) is 0 Å². The van der Waals surface area contributed by atoms with Gasteiger partial charge in [-0.15, -0.1) is 0 Å². The summed E-state index contributed by atoms with van der Waals surface area (Å²) < 4.78 is 29.1. The number of aryl methyl sites for hydroxylation is 1. The molecule has 8 heteroatoms. The van der Waals surface area contributed by atoms with Crippen LogP contribution in [0.1, 0.15) is 16.7 Å². The lowest BCUT2D eigenvalue weighted by Gasteiger charge is -2.26. The summed E-state index contributed by atoms with van der Waals surface area (Å²) in [5.41, 5.74) is 6.14. The number of fused-ring (bicyclic) bond motifs is 3. The molecule has 0 bridgehead atoms. The van der Waals surface area contributed by atoms with Gasteiger partial charge < -0.3 is 9.94 Å². The van der Waals surface area contributed by atoms with E-state index < -0.39 is 16.1 Å². The molecule has 4 aromatic carbocycles. The summed E-state index contributed by atoms with van der Waals surface area (Å²) in [6, 6.07) is 29.4. The minimum Gasteiger partial charge on any atom is -0.392 e. The lowest BCUT2D eigenvalue weighted by atomic mass is 10.1. The van der Waals surface area contributed by atoms with Gasteiger partial charge in [0.05, 0.1) is 17.1 Å². The molecule has 1 atom stereocenters. The van der Waals surface area contributed by atoms with Crippen LogP contribution < -0.4 is 4.31 Å². The Balaban J connectivity index is 1.37. The first-order chi connectivity index (χ1) is 17.8. The predicted octanol–water partition coefficient (Wildman–Crippen LogP) is 5.76. The molecule has 0 heterocycles. The minimum atomic E-state index is -3.93. The van der Waals surface area contributed by atoms with Gasteiger partial charge in [-0.05, 0) is 54.4 Å². The molecule has 1 aliphatic rings. The molecule has 4 aromatic rings. The minimum absolute atomic E-state index is 0.147. The second-order valence-electron chi connectivity index (χ2n) is 8.81. The summed E-state index contributed by atoms with van der Waals surface area (Å²) in [7, 11) is -3.93. The van der Waals surface area contributed by atoms with Crippen molar-refractivity contribution in [2.24, 2.45) is 5.16 Å². The Kier molecular flexibility index (Phi) is 7.15. The van der Waals surface area contributed by atoms with Gasteiger partial charge in [-0.25, -0.2) is 8.42 Å². The first-order valence-corrected chi connectivity index (χ1v) is 14.0. The lowest BCUT2D eigenvalue weighted by molar-refractivity contribution is 0.0456. The van der Waals surface area contributed by atoms with E-state index in [-0.39, 0.29) is 18.0 Å². The van der Waals surface area contributed by atoms with E-state index in [4.69, 9.17) is 4.84 Å². The SMILES string of the molecule is Cc1ccc(S(=O)(=O)N(CC(O)CON=C2c3ccccc3-c3ccccc32)c2ccc(Br)cc2)cc1. The van der Waals surface area contributed by atoms with Gasteiger partial charge in [-0.2, -0.15) is 0 Å². The van der Waals surface area contributed by atoms with Crippen LogP contribution in [-0.4, -0.2) is 38.5 Å². The smallest absolute Gasteiger partial charge is 0.264 e. The molecule has 0 spiro atoms. The molecular weight excluding hydrogens is 552 g/mol. The van der Waals surface area contributed by atoms with Crippen molar-refractivity contribution >= 4 is 37.4 Å². The van der Waals surface area contributed by atoms with E-state index in [1.165, 1.54) is 4.31 Å². The second kappa shape index (κ2) is 10.5. The van der Waals surface area contributed by atoms with Crippen LogP contribution in [0.25, 0.3) is 11.1 Å². The van der Waals surface area contributed by atoms with Gasteiger partial charge in [-0.3, -0.25) is 4.31 Å². The Morgan fingerprint density at radius 3 is 1.95 bits per heavy atom. The first-order valence-electron chi connectivity index (χ1n) is 11.8. The van der Waals surface area contributed by atoms with E-state index in [2.05, 4.69) is 21.1 Å². The Morgan fingerprint density at radius 1 is 0.838 bits per heavy atom. The number of hydrogen-bond acceptors (Lipinski definition) is 5. The predicted molar refractivity (Wildman–Crippen MR) is 149 cm³/mol. The average Bonchev–Trinajstić information content (AvgIpc) is 3.22. The summed E-state index contributed by atoms with van der Waals surface area (Å²) in [5, 5.41) is 15.2. The van der Waals surface area contributed by atoms with Crippen LogP contribution in [0.3, 0.4) is 0 Å². The van der Waals surface area contributed by atoms with E-state index >= 15 is 0 Å². The fraction of sp³-hybridized carbons (Fsp3) is 0.138. The highest BCUT2D eigenvalue weighted by Crippen LogP contribution is 2.36. The third kappa shape index (κ3) is 5.18. The fourth-order valence-electron chi connectivity index (χ4n) is 4.31. The normalized spacial score (nSPS) is 13.0. The Hall–Kier alpha value is -3.46. The van der Waals surface area contributed by atoms with Crippen molar-refractivity contribution in [1.82, 2.24) is 0 Å². The van der Waals surface area contributed by atoms with Crippen molar-refractivity contribution in [3.63, 3.8) is 0 Å². The molecule has 0 radical (unpaired) electrons. The van der Waals surface area contributed by atoms with E-state index in [9.17, 15) is 13.5 Å². The van der Waals surface area contributed by atoms with Crippen LogP contribution in [0.4, 0.5) is 5.69 Å². The van der Waals surface area contributed by atoms with Gasteiger partial charge in [0.25, 0.3) is 10.0 Å². The number of rotatable bonds is 8. The summed E-state index contributed by atoms with van der Waals surface area (Å²) in [4.78, 5) is 5.74. The molecule has 0 fully saturated rings. The number of aliphatic hydroxyl groups excluding tert-OH is 1. The number of anilines is 1. The topological polar surface area (TPSA) is 79.2 Å². The highest BCUT2D eigenvalue weighted by Gasteiger charge is 2.28. The summed E-state index contributed by atoms with van der Waals surface area (Å²) in [6.07, 6.45) is -1.12. The molecule has 0 saturated heterocycles. The molecule has 1 N–H and O–H groups in total. The zero-order valence-corrected chi connectivity index (χ0v) is 22.5. The number of oxime groups is 1. The van der Waals surface area contributed by atoms with Gasteiger partial charge >= 0.3 is 0 Å². The number of nitrogens with zero attached hydrogens (tertiary/aromatic N) is 2. The third-order valence-electron chi connectivity index (χ3n) is 6.18. The zero-order chi connectivity index (χ0) is 26.0. The molecule has 1 unspecified atom stereocenters. The quantitative estimate of drug-likeness (QED) is 0.238. The largest absolute Gasteiger partial charge is 0.392 e.